The Balaban J connectivity index is 3.32. The van der Waals surface area contributed by atoms with Crippen molar-refractivity contribution in [3.05, 3.63) is 21.5 Å². The normalized spacial score (nSPS) is 14.6. The van der Waals surface area contributed by atoms with E-state index in [2.05, 4.69) is 10.4 Å². The molecule has 2 unspecified atom stereocenters. The predicted octanol–water partition coefficient (Wildman–Crippen LogP) is 1.83. The van der Waals surface area contributed by atoms with E-state index in [-0.39, 0.29) is 22.6 Å². The first-order valence-corrected chi connectivity index (χ1v) is 5.82. The third kappa shape index (κ3) is 2.46. The van der Waals surface area contributed by atoms with E-state index in [0.29, 0.717) is 17.9 Å². The van der Waals surface area contributed by atoms with Gasteiger partial charge in [-0.3, -0.25) is 14.8 Å². The maximum absolute atomic E-state index is 11.1. The van der Waals surface area contributed by atoms with Crippen LogP contribution in [-0.4, -0.2) is 27.8 Å². The molecule has 0 fully saturated rings. The van der Waals surface area contributed by atoms with Crippen LogP contribution in [0.2, 0.25) is 0 Å². The first-order valence-electron chi connectivity index (χ1n) is 5.82. The number of aromatic nitrogens is 2. The molecule has 0 spiro atoms. The number of aryl methyl sites for hydroxylation is 2. The lowest BCUT2D eigenvalue weighted by Gasteiger charge is -2.19. The highest BCUT2D eigenvalue weighted by molar-refractivity contribution is 5.43. The fourth-order valence-corrected chi connectivity index (χ4v) is 1.99. The Bertz CT molecular complexity index is 414. The van der Waals surface area contributed by atoms with Crippen LogP contribution in [0.15, 0.2) is 0 Å². The first-order chi connectivity index (χ1) is 7.93. The van der Waals surface area contributed by atoms with Crippen LogP contribution in [0.25, 0.3) is 0 Å². The quantitative estimate of drug-likeness (QED) is 0.629. The van der Waals surface area contributed by atoms with Gasteiger partial charge in [-0.25, -0.2) is 0 Å². The van der Waals surface area contributed by atoms with Crippen molar-refractivity contribution in [1.82, 2.24) is 15.1 Å². The molecular weight excluding hydrogens is 220 g/mol. The third-order valence-corrected chi connectivity index (χ3v) is 3.25. The van der Waals surface area contributed by atoms with Gasteiger partial charge in [-0.1, -0.05) is 6.92 Å². The molecule has 1 aromatic heterocycles. The zero-order chi connectivity index (χ0) is 13.2. The molecule has 1 aromatic rings. The number of hydrogen-bond acceptors (Lipinski definition) is 4. The Kier molecular flexibility index (Phi) is 4.22. The summed E-state index contributed by atoms with van der Waals surface area (Å²) in [5, 5.41) is 18.5. The van der Waals surface area contributed by atoms with Gasteiger partial charge >= 0.3 is 5.69 Å². The lowest BCUT2D eigenvalue weighted by atomic mass is 9.98. The average Bonchev–Trinajstić information content (AvgIpc) is 2.63. The molecule has 0 radical (unpaired) electrons. The summed E-state index contributed by atoms with van der Waals surface area (Å²) in [6.07, 6.45) is 0. The summed E-state index contributed by atoms with van der Waals surface area (Å²) >= 11 is 0. The van der Waals surface area contributed by atoms with Crippen LogP contribution in [0.4, 0.5) is 5.69 Å². The SMILES string of the molecule is CCn1nc(C)c([N+](=O)[O-])c1C(C)C(C)NC. The Morgan fingerprint density at radius 3 is 2.53 bits per heavy atom. The Hall–Kier alpha value is -1.43. The van der Waals surface area contributed by atoms with Gasteiger partial charge in [0.05, 0.1) is 4.92 Å². The van der Waals surface area contributed by atoms with Crippen molar-refractivity contribution in [3.63, 3.8) is 0 Å². The highest BCUT2D eigenvalue weighted by Crippen LogP contribution is 2.31. The van der Waals surface area contributed by atoms with Gasteiger partial charge in [-0.15, -0.1) is 0 Å². The summed E-state index contributed by atoms with van der Waals surface area (Å²) in [6, 6.07) is 0.162. The van der Waals surface area contributed by atoms with Gasteiger partial charge in [0.2, 0.25) is 0 Å². The van der Waals surface area contributed by atoms with Crippen LogP contribution in [0.3, 0.4) is 0 Å². The van der Waals surface area contributed by atoms with E-state index in [1.807, 2.05) is 27.8 Å². The van der Waals surface area contributed by atoms with Crippen LogP contribution in [0, 0.1) is 17.0 Å². The van der Waals surface area contributed by atoms with Crippen molar-refractivity contribution in [2.45, 2.75) is 46.2 Å². The maximum Gasteiger partial charge on any atom is 0.313 e. The van der Waals surface area contributed by atoms with Gasteiger partial charge in [0, 0.05) is 18.5 Å². The van der Waals surface area contributed by atoms with Crippen molar-refractivity contribution in [3.8, 4) is 0 Å². The van der Waals surface area contributed by atoms with Gasteiger partial charge < -0.3 is 5.32 Å². The molecule has 0 bridgehead atoms. The van der Waals surface area contributed by atoms with E-state index < -0.39 is 0 Å². The minimum absolute atomic E-state index is 0.0431. The summed E-state index contributed by atoms with van der Waals surface area (Å²) in [5.74, 6) is 0.0431. The molecule has 6 heteroatoms. The topological polar surface area (TPSA) is 73.0 Å². The lowest BCUT2D eigenvalue weighted by molar-refractivity contribution is -0.386. The zero-order valence-corrected chi connectivity index (χ0v) is 11.0. The molecule has 17 heavy (non-hydrogen) atoms. The van der Waals surface area contributed by atoms with Gasteiger partial charge in [0.15, 0.2) is 0 Å². The monoisotopic (exact) mass is 240 g/mol. The Morgan fingerprint density at radius 2 is 2.12 bits per heavy atom. The fourth-order valence-electron chi connectivity index (χ4n) is 1.99. The molecule has 0 aliphatic rings. The zero-order valence-electron chi connectivity index (χ0n) is 11.0. The predicted molar refractivity (Wildman–Crippen MR) is 66.2 cm³/mol. The molecule has 1 rings (SSSR count). The summed E-state index contributed by atoms with van der Waals surface area (Å²) in [7, 11) is 1.85. The minimum Gasteiger partial charge on any atom is -0.317 e. The van der Waals surface area contributed by atoms with E-state index in [9.17, 15) is 10.1 Å². The first kappa shape index (κ1) is 13.6. The van der Waals surface area contributed by atoms with Gasteiger partial charge in [0.1, 0.15) is 11.4 Å². The van der Waals surface area contributed by atoms with Crippen LogP contribution < -0.4 is 5.32 Å². The second-order valence-corrected chi connectivity index (χ2v) is 4.26. The molecule has 1 heterocycles. The molecule has 0 aliphatic heterocycles. The largest absolute Gasteiger partial charge is 0.317 e. The molecule has 0 aromatic carbocycles. The number of nitro groups is 1. The molecule has 0 amide bonds. The third-order valence-electron chi connectivity index (χ3n) is 3.25. The second-order valence-electron chi connectivity index (χ2n) is 4.26. The molecule has 0 saturated carbocycles. The Morgan fingerprint density at radius 1 is 1.53 bits per heavy atom. The molecule has 96 valence electrons. The lowest BCUT2D eigenvalue weighted by Crippen LogP contribution is -2.29. The summed E-state index contributed by atoms with van der Waals surface area (Å²) in [5.41, 5.74) is 1.35. The second kappa shape index (κ2) is 5.27. The van der Waals surface area contributed by atoms with Crippen molar-refractivity contribution >= 4 is 5.69 Å². The molecule has 0 saturated heterocycles. The van der Waals surface area contributed by atoms with Crippen LogP contribution in [0.1, 0.15) is 38.1 Å². The molecule has 0 aliphatic carbocycles. The van der Waals surface area contributed by atoms with E-state index in [4.69, 9.17) is 0 Å². The number of nitrogens with one attached hydrogen (secondary N) is 1. The van der Waals surface area contributed by atoms with Gasteiger partial charge in [0.25, 0.3) is 0 Å². The standard InChI is InChI=1S/C11H20N4O2/c1-6-14-10(7(2)8(3)12-5)11(15(16)17)9(4)13-14/h7-8,12H,6H2,1-5H3. The van der Waals surface area contributed by atoms with Crippen molar-refractivity contribution in [2.75, 3.05) is 7.05 Å². The number of likely N-dealkylation sites (N-methyl/N-ethyl adjacent to an activating group) is 1. The van der Waals surface area contributed by atoms with E-state index in [1.54, 1.807) is 11.6 Å². The highest BCUT2D eigenvalue weighted by Gasteiger charge is 2.30. The molecule has 6 nitrogen and oxygen atoms in total. The fraction of sp³-hybridized carbons (Fsp3) is 0.727. The van der Waals surface area contributed by atoms with Gasteiger partial charge in [-0.05, 0) is 27.8 Å². The molecular formula is C11H20N4O2. The van der Waals surface area contributed by atoms with E-state index in [1.165, 1.54) is 0 Å². The molecule has 1 N–H and O–H groups in total. The number of rotatable bonds is 5. The summed E-state index contributed by atoms with van der Waals surface area (Å²) in [6.45, 7) is 8.26. The minimum atomic E-state index is -0.331. The van der Waals surface area contributed by atoms with Crippen LogP contribution in [-0.2, 0) is 6.54 Å². The number of nitrogens with zero attached hydrogens (tertiary/aromatic N) is 3. The van der Waals surface area contributed by atoms with Crippen molar-refractivity contribution in [2.24, 2.45) is 0 Å². The van der Waals surface area contributed by atoms with Crippen LogP contribution >= 0.6 is 0 Å². The summed E-state index contributed by atoms with van der Waals surface area (Å²) < 4.78 is 1.73. The maximum atomic E-state index is 11.1. The Labute approximate surface area is 101 Å². The highest BCUT2D eigenvalue weighted by atomic mass is 16.6. The average molecular weight is 240 g/mol. The smallest absolute Gasteiger partial charge is 0.313 e. The molecule has 2 atom stereocenters. The van der Waals surface area contributed by atoms with Crippen molar-refractivity contribution < 1.29 is 4.92 Å². The number of hydrogen-bond donors (Lipinski definition) is 1. The van der Waals surface area contributed by atoms with Crippen LogP contribution in [0.5, 0.6) is 0 Å². The van der Waals surface area contributed by atoms with Gasteiger partial charge in [-0.2, -0.15) is 5.10 Å². The summed E-state index contributed by atoms with van der Waals surface area (Å²) in [4.78, 5) is 10.8. The van der Waals surface area contributed by atoms with E-state index >= 15 is 0 Å². The van der Waals surface area contributed by atoms with Crippen molar-refractivity contribution in [1.29, 1.82) is 0 Å². The van der Waals surface area contributed by atoms with E-state index in [0.717, 1.165) is 0 Å².